The lowest BCUT2D eigenvalue weighted by Crippen LogP contribution is -2.32. The Morgan fingerprint density at radius 2 is 1.50 bits per heavy atom. The molecule has 0 saturated heterocycles. The average molecular weight is 382 g/mol. The smallest absolute Gasteiger partial charge is 0.337 e. The second kappa shape index (κ2) is 10.3. The van der Waals surface area contributed by atoms with Crippen LogP contribution in [0.25, 0.3) is 0 Å². The number of rotatable bonds is 8. The molecule has 2 aromatic rings. The highest BCUT2D eigenvalue weighted by molar-refractivity contribution is 6.06. The summed E-state index contributed by atoms with van der Waals surface area (Å²) in [6, 6.07) is 13.1. The van der Waals surface area contributed by atoms with E-state index < -0.39 is 5.97 Å². The van der Waals surface area contributed by atoms with Gasteiger partial charge in [0.15, 0.2) is 0 Å². The molecule has 0 unspecified atom stereocenters. The molecule has 28 heavy (non-hydrogen) atoms. The van der Waals surface area contributed by atoms with Crippen molar-refractivity contribution < 1.29 is 19.1 Å². The zero-order valence-electron chi connectivity index (χ0n) is 16.5. The molecule has 148 valence electrons. The van der Waals surface area contributed by atoms with Gasteiger partial charge in [0.25, 0.3) is 11.8 Å². The van der Waals surface area contributed by atoms with Gasteiger partial charge in [0.05, 0.1) is 12.7 Å². The zero-order valence-corrected chi connectivity index (χ0v) is 16.5. The van der Waals surface area contributed by atoms with Gasteiger partial charge >= 0.3 is 5.97 Å². The minimum absolute atomic E-state index is 0.0687. The number of carbonyl (C=O) groups is 3. The summed E-state index contributed by atoms with van der Waals surface area (Å²) in [5.41, 5.74) is 1.85. The van der Waals surface area contributed by atoms with Crippen molar-refractivity contribution in [3.05, 3.63) is 65.2 Å². The fraction of sp³-hybridized carbons (Fsp3) is 0.318. The van der Waals surface area contributed by atoms with Crippen molar-refractivity contribution >= 4 is 23.5 Å². The first kappa shape index (κ1) is 21.2. The van der Waals surface area contributed by atoms with Crippen LogP contribution in [0.2, 0.25) is 0 Å². The van der Waals surface area contributed by atoms with E-state index in [-0.39, 0.29) is 11.8 Å². The molecule has 1 N–H and O–H groups in total. The Kier molecular flexibility index (Phi) is 7.75. The molecular weight excluding hydrogens is 356 g/mol. The van der Waals surface area contributed by atoms with E-state index in [4.69, 9.17) is 0 Å². The minimum atomic E-state index is -0.437. The van der Waals surface area contributed by atoms with Gasteiger partial charge in [-0.15, -0.1) is 0 Å². The van der Waals surface area contributed by atoms with Crippen LogP contribution in [0.1, 0.15) is 57.8 Å². The maximum absolute atomic E-state index is 12.7. The SMILES string of the molecule is CCCN(CCC)C(=O)c1cccc(C(=O)Nc2ccc(C(=O)OC)cc2)c1. The standard InChI is InChI=1S/C22H26N2O4/c1-4-13-24(14-5-2)21(26)18-8-6-7-17(15-18)20(25)23-19-11-9-16(10-12-19)22(27)28-3/h6-12,15H,4-5,13-14H2,1-3H3,(H,23,25). The number of hydrogen-bond donors (Lipinski definition) is 1. The number of hydrogen-bond acceptors (Lipinski definition) is 4. The maximum atomic E-state index is 12.7. The maximum Gasteiger partial charge on any atom is 0.337 e. The molecule has 6 heteroatoms. The van der Waals surface area contributed by atoms with Gasteiger partial charge in [-0.25, -0.2) is 4.79 Å². The first-order chi connectivity index (χ1) is 13.5. The third kappa shape index (κ3) is 5.42. The highest BCUT2D eigenvalue weighted by atomic mass is 16.5. The van der Waals surface area contributed by atoms with Gasteiger partial charge in [0.2, 0.25) is 0 Å². The summed E-state index contributed by atoms with van der Waals surface area (Å²) >= 11 is 0. The Hall–Kier alpha value is -3.15. The van der Waals surface area contributed by atoms with E-state index in [0.717, 1.165) is 12.8 Å². The van der Waals surface area contributed by atoms with Crippen LogP contribution in [-0.2, 0) is 4.74 Å². The Morgan fingerprint density at radius 1 is 0.893 bits per heavy atom. The van der Waals surface area contributed by atoms with Crippen molar-refractivity contribution in [2.24, 2.45) is 0 Å². The summed E-state index contributed by atoms with van der Waals surface area (Å²) in [7, 11) is 1.31. The normalized spacial score (nSPS) is 10.2. The molecule has 2 aromatic carbocycles. The zero-order chi connectivity index (χ0) is 20.5. The van der Waals surface area contributed by atoms with Gasteiger partial charge in [-0.2, -0.15) is 0 Å². The van der Waals surface area contributed by atoms with Gasteiger partial charge in [-0.1, -0.05) is 19.9 Å². The molecule has 0 heterocycles. The lowest BCUT2D eigenvalue weighted by atomic mass is 10.1. The Bertz CT molecular complexity index is 825. The third-order valence-corrected chi connectivity index (χ3v) is 4.21. The second-order valence-electron chi connectivity index (χ2n) is 6.40. The molecule has 0 radical (unpaired) electrons. The van der Waals surface area contributed by atoms with Crippen LogP contribution in [0.4, 0.5) is 5.69 Å². The van der Waals surface area contributed by atoms with Crippen molar-refractivity contribution in [2.45, 2.75) is 26.7 Å². The van der Waals surface area contributed by atoms with Crippen LogP contribution >= 0.6 is 0 Å². The van der Waals surface area contributed by atoms with Gasteiger partial charge in [0, 0.05) is 29.9 Å². The van der Waals surface area contributed by atoms with Crippen LogP contribution in [0.15, 0.2) is 48.5 Å². The third-order valence-electron chi connectivity index (χ3n) is 4.21. The van der Waals surface area contributed by atoms with E-state index in [1.807, 2.05) is 18.7 Å². The Balaban J connectivity index is 2.13. The van der Waals surface area contributed by atoms with Crippen molar-refractivity contribution in [1.29, 1.82) is 0 Å². The summed E-state index contributed by atoms with van der Waals surface area (Å²) in [6.07, 6.45) is 1.76. The molecule has 0 spiro atoms. The van der Waals surface area contributed by atoms with E-state index in [1.54, 1.807) is 48.5 Å². The summed E-state index contributed by atoms with van der Waals surface area (Å²) in [4.78, 5) is 38.6. The molecule has 2 amide bonds. The first-order valence-electron chi connectivity index (χ1n) is 9.39. The molecule has 0 aromatic heterocycles. The molecule has 0 bridgehead atoms. The van der Waals surface area contributed by atoms with E-state index in [0.29, 0.717) is 35.5 Å². The van der Waals surface area contributed by atoms with E-state index >= 15 is 0 Å². The average Bonchev–Trinajstić information content (AvgIpc) is 2.73. The highest BCUT2D eigenvalue weighted by Gasteiger charge is 2.16. The molecule has 0 aliphatic heterocycles. The van der Waals surface area contributed by atoms with Gasteiger partial charge in [-0.05, 0) is 55.3 Å². The monoisotopic (exact) mass is 382 g/mol. The lowest BCUT2D eigenvalue weighted by Gasteiger charge is -2.21. The van der Waals surface area contributed by atoms with Crippen molar-refractivity contribution in [2.75, 3.05) is 25.5 Å². The molecule has 6 nitrogen and oxygen atoms in total. The quantitative estimate of drug-likeness (QED) is 0.701. The van der Waals surface area contributed by atoms with Gasteiger partial charge in [0.1, 0.15) is 0 Å². The number of anilines is 1. The molecular formula is C22H26N2O4. The molecule has 0 atom stereocenters. The van der Waals surface area contributed by atoms with Gasteiger partial charge in [-0.3, -0.25) is 9.59 Å². The number of carbonyl (C=O) groups excluding carboxylic acids is 3. The van der Waals surface area contributed by atoms with Crippen LogP contribution in [0.5, 0.6) is 0 Å². The molecule has 0 aliphatic carbocycles. The molecule has 0 fully saturated rings. The van der Waals surface area contributed by atoms with Crippen molar-refractivity contribution in [1.82, 2.24) is 4.90 Å². The molecule has 0 saturated carbocycles. The number of nitrogens with zero attached hydrogens (tertiary/aromatic N) is 1. The number of nitrogens with one attached hydrogen (secondary N) is 1. The number of benzene rings is 2. The van der Waals surface area contributed by atoms with E-state index in [9.17, 15) is 14.4 Å². The summed E-state index contributed by atoms with van der Waals surface area (Å²) in [5.74, 6) is -0.827. The molecule has 2 rings (SSSR count). The Labute approximate surface area is 165 Å². The van der Waals surface area contributed by atoms with Gasteiger partial charge < -0.3 is 15.0 Å². The predicted molar refractivity (Wildman–Crippen MR) is 109 cm³/mol. The van der Waals surface area contributed by atoms with Crippen molar-refractivity contribution in [3.63, 3.8) is 0 Å². The van der Waals surface area contributed by atoms with Crippen LogP contribution < -0.4 is 5.32 Å². The summed E-state index contributed by atoms with van der Waals surface area (Å²) in [5, 5.41) is 2.77. The fourth-order valence-corrected chi connectivity index (χ4v) is 2.84. The Morgan fingerprint density at radius 3 is 2.07 bits per heavy atom. The number of esters is 1. The topological polar surface area (TPSA) is 75.7 Å². The van der Waals surface area contributed by atoms with E-state index in [1.165, 1.54) is 7.11 Å². The van der Waals surface area contributed by atoms with Crippen LogP contribution in [0, 0.1) is 0 Å². The largest absolute Gasteiger partial charge is 0.465 e. The number of methoxy groups -OCH3 is 1. The number of amides is 2. The van der Waals surface area contributed by atoms with Crippen LogP contribution in [0.3, 0.4) is 0 Å². The summed E-state index contributed by atoms with van der Waals surface area (Å²) in [6.45, 7) is 5.45. The minimum Gasteiger partial charge on any atom is -0.465 e. The van der Waals surface area contributed by atoms with Crippen molar-refractivity contribution in [3.8, 4) is 0 Å². The first-order valence-corrected chi connectivity index (χ1v) is 9.39. The fourth-order valence-electron chi connectivity index (χ4n) is 2.84. The molecule has 0 aliphatic rings. The van der Waals surface area contributed by atoms with Crippen LogP contribution in [-0.4, -0.2) is 42.9 Å². The van der Waals surface area contributed by atoms with E-state index in [2.05, 4.69) is 10.1 Å². The lowest BCUT2D eigenvalue weighted by molar-refractivity contribution is 0.0600. The predicted octanol–water partition coefficient (Wildman–Crippen LogP) is 3.99. The second-order valence-corrected chi connectivity index (χ2v) is 6.40. The summed E-state index contributed by atoms with van der Waals surface area (Å²) < 4.78 is 4.65. The highest BCUT2D eigenvalue weighted by Crippen LogP contribution is 2.14. The number of ether oxygens (including phenoxy) is 1.